The van der Waals surface area contributed by atoms with Crippen LogP contribution in [0.5, 0.6) is 5.75 Å². The lowest BCUT2D eigenvalue weighted by Crippen LogP contribution is -2.29. The second kappa shape index (κ2) is 8.55. The average Bonchev–Trinajstić information content (AvgIpc) is 3.09. The van der Waals surface area contributed by atoms with E-state index in [0.717, 1.165) is 4.73 Å². The van der Waals surface area contributed by atoms with Crippen LogP contribution < -0.4 is 14.8 Å². The van der Waals surface area contributed by atoms with E-state index in [0.29, 0.717) is 22.0 Å². The van der Waals surface area contributed by atoms with Gasteiger partial charge in [0, 0.05) is 21.6 Å². The molecule has 0 saturated carbocycles. The maximum atomic E-state index is 12.8. The Kier molecular flexibility index (Phi) is 5.92. The molecule has 2 heterocycles. The molecule has 2 N–H and O–H groups in total. The molecule has 0 fully saturated rings. The van der Waals surface area contributed by atoms with Gasteiger partial charge in [-0.25, -0.2) is 0 Å². The summed E-state index contributed by atoms with van der Waals surface area (Å²) in [6.07, 6.45) is 2.71. The number of para-hydroxylation sites is 1. The lowest BCUT2D eigenvalue weighted by molar-refractivity contribution is -0.904. The molecule has 0 radical (unpaired) electrons. The molecule has 0 unspecified atom stereocenters. The highest BCUT2D eigenvalue weighted by Crippen LogP contribution is 2.37. The van der Waals surface area contributed by atoms with Crippen LogP contribution in [0.25, 0.3) is 21.9 Å². The van der Waals surface area contributed by atoms with Crippen molar-refractivity contribution in [1.82, 2.24) is 0 Å². The van der Waals surface area contributed by atoms with E-state index in [2.05, 4.69) is 10.1 Å². The van der Waals surface area contributed by atoms with Crippen LogP contribution in [0.15, 0.2) is 65.3 Å². The zero-order valence-electron chi connectivity index (χ0n) is 15.7. The number of fused-ring (bicyclic) bond motifs is 3. The maximum absolute atomic E-state index is 12.8. The summed E-state index contributed by atoms with van der Waals surface area (Å²) in [7, 11) is 0. The molecule has 0 saturated heterocycles. The van der Waals surface area contributed by atoms with E-state index in [9.17, 15) is 18.8 Å². The number of pyridine rings is 1. The van der Waals surface area contributed by atoms with Gasteiger partial charge in [-0.05, 0) is 24.3 Å². The van der Waals surface area contributed by atoms with Crippen LogP contribution in [0, 0.1) is 0 Å². The fourth-order valence-electron chi connectivity index (χ4n) is 2.92. The van der Waals surface area contributed by atoms with E-state index in [1.807, 2.05) is 13.8 Å². The first-order valence-electron chi connectivity index (χ1n) is 8.94. The minimum Gasteiger partial charge on any atom is -0.452 e. The number of hydrogen-bond donors (Lipinski definition) is 2. The number of carbonyl (C=O) groups excluding carboxylic acids is 1. The topological polar surface area (TPSA) is 75.6 Å². The van der Waals surface area contributed by atoms with Crippen molar-refractivity contribution in [2.45, 2.75) is 20.5 Å². The summed E-state index contributed by atoms with van der Waals surface area (Å²) < 4.78 is 36.4. The quantitative estimate of drug-likeness (QED) is 0.373. The standard InChI is InChI=1S/C19H12F2N2O4.C2H6/c20-19(21)27-15-8-7-13(18(24)22-11-4-3-9-23(25)10-11)16-12-5-1-2-6-14(12)26-17(15)16;1-2/h1-10,19H,(H-,22,24,25);1-2H3/p+1. The highest BCUT2D eigenvalue weighted by molar-refractivity contribution is 6.20. The van der Waals surface area contributed by atoms with Gasteiger partial charge in [-0.1, -0.05) is 32.0 Å². The van der Waals surface area contributed by atoms with Gasteiger partial charge in [0.25, 0.3) is 5.91 Å². The Morgan fingerprint density at radius 1 is 1.14 bits per heavy atom. The molecule has 6 nitrogen and oxygen atoms in total. The van der Waals surface area contributed by atoms with Crippen LogP contribution in [0.1, 0.15) is 24.2 Å². The summed E-state index contributed by atoms with van der Waals surface area (Å²) >= 11 is 0. The van der Waals surface area contributed by atoms with E-state index in [-0.39, 0.29) is 16.9 Å². The number of amides is 1. The molecule has 4 aromatic rings. The summed E-state index contributed by atoms with van der Waals surface area (Å²) in [5, 5.41) is 13.1. The van der Waals surface area contributed by atoms with Crippen LogP contribution in [0.4, 0.5) is 14.5 Å². The smallest absolute Gasteiger partial charge is 0.387 e. The number of alkyl halides is 2. The Morgan fingerprint density at radius 3 is 2.62 bits per heavy atom. The first-order valence-corrected chi connectivity index (χ1v) is 8.94. The highest BCUT2D eigenvalue weighted by Gasteiger charge is 2.21. The van der Waals surface area contributed by atoms with Gasteiger partial charge >= 0.3 is 6.61 Å². The predicted molar refractivity (Wildman–Crippen MR) is 103 cm³/mol. The number of carbonyl (C=O) groups is 1. The third kappa shape index (κ3) is 4.11. The maximum Gasteiger partial charge on any atom is 0.387 e. The van der Waals surface area contributed by atoms with Crippen LogP contribution in [-0.4, -0.2) is 17.7 Å². The fourth-order valence-corrected chi connectivity index (χ4v) is 2.92. The molecule has 0 aliphatic rings. The van der Waals surface area contributed by atoms with E-state index in [1.165, 1.54) is 24.5 Å². The Hall–Kier alpha value is -3.68. The number of furan rings is 1. The van der Waals surface area contributed by atoms with E-state index in [1.54, 1.807) is 36.4 Å². The first kappa shape index (κ1) is 20.1. The lowest BCUT2D eigenvalue weighted by atomic mass is 10.0. The van der Waals surface area contributed by atoms with E-state index < -0.39 is 12.5 Å². The van der Waals surface area contributed by atoms with Crippen molar-refractivity contribution in [2.75, 3.05) is 5.32 Å². The number of ether oxygens (including phenoxy) is 1. The van der Waals surface area contributed by atoms with Gasteiger partial charge in [0.15, 0.2) is 11.3 Å². The summed E-state index contributed by atoms with van der Waals surface area (Å²) in [5.74, 6) is -0.637. The normalized spacial score (nSPS) is 10.7. The van der Waals surface area contributed by atoms with Crippen molar-refractivity contribution >= 4 is 33.5 Å². The number of aromatic nitrogens is 1. The molecular weight excluding hydrogens is 382 g/mol. The second-order valence-corrected chi connectivity index (χ2v) is 5.72. The molecule has 8 heteroatoms. The molecule has 0 bridgehead atoms. The van der Waals surface area contributed by atoms with Crippen molar-refractivity contribution in [1.29, 1.82) is 0 Å². The zero-order chi connectivity index (χ0) is 21.0. The summed E-state index contributed by atoms with van der Waals surface area (Å²) in [6.45, 7) is 0.977. The van der Waals surface area contributed by atoms with Crippen LogP contribution >= 0.6 is 0 Å². The molecule has 2 aromatic carbocycles. The molecule has 150 valence electrons. The van der Waals surface area contributed by atoms with Crippen LogP contribution in [-0.2, 0) is 0 Å². The van der Waals surface area contributed by atoms with E-state index in [4.69, 9.17) is 4.42 Å². The number of anilines is 1. The number of hydrogen-bond acceptors (Lipinski definition) is 4. The monoisotopic (exact) mass is 401 g/mol. The Balaban J connectivity index is 0.00000117. The third-order valence-corrected chi connectivity index (χ3v) is 3.99. The second-order valence-electron chi connectivity index (χ2n) is 5.72. The lowest BCUT2D eigenvalue weighted by Gasteiger charge is -2.08. The zero-order valence-corrected chi connectivity index (χ0v) is 15.7. The van der Waals surface area contributed by atoms with Gasteiger partial charge in [0.2, 0.25) is 12.4 Å². The van der Waals surface area contributed by atoms with Gasteiger partial charge in [-0.2, -0.15) is 8.78 Å². The largest absolute Gasteiger partial charge is 0.452 e. The van der Waals surface area contributed by atoms with Gasteiger partial charge < -0.3 is 14.5 Å². The molecule has 0 atom stereocenters. The number of benzene rings is 2. The molecule has 0 spiro atoms. The molecule has 1 amide bonds. The van der Waals surface area contributed by atoms with Gasteiger partial charge in [0.1, 0.15) is 11.3 Å². The van der Waals surface area contributed by atoms with Crippen molar-refractivity contribution in [2.24, 2.45) is 0 Å². The number of nitrogens with zero attached hydrogens (tertiary/aromatic N) is 1. The minimum absolute atomic E-state index is 0.0643. The summed E-state index contributed by atoms with van der Waals surface area (Å²) in [4.78, 5) is 12.8. The van der Waals surface area contributed by atoms with Gasteiger partial charge in [-0.15, -0.1) is 0 Å². The Bertz CT molecular complexity index is 1160. The molecule has 0 aliphatic heterocycles. The molecule has 4 rings (SSSR count). The number of nitrogens with one attached hydrogen (secondary N) is 1. The highest BCUT2D eigenvalue weighted by atomic mass is 19.3. The summed E-state index contributed by atoms with van der Waals surface area (Å²) in [6, 6.07) is 12.7. The summed E-state index contributed by atoms with van der Waals surface area (Å²) in [5.41, 5.74) is 1.10. The number of rotatable bonds is 4. The third-order valence-electron chi connectivity index (χ3n) is 3.99. The molecule has 29 heavy (non-hydrogen) atoms. The van der Waals surface area contributed by atoms with Crippen LogP contribution in [0.2, 0.25) is 0 Å². The molecule has 0 aliphatic carbocycles. The average molecular weight is 401 g/mol. The van der Waals surface area contributed by atoms with Crippen molar-refractivity contribution in [3.63, 3.8) is 0 Å². The Morgan fingerprint density at radius 2 is 1.90 bits per heavy atom. The molecular formula is C21H19F2N2O4+. The molecule has 2 aromatic heterocycles. The predicted octanol–water partition coefficient (Wildman–Crippen LogP) is 4.99. The van der Waals surface area contributed by atoms with Gasteiger partial charge in [0.05, 0.1) is 5.56 Å². The van der Waals surface area contributed by atoms with Crippen molar-refractivity contribution < 1.29 is 32.7 Å². The van der Waals surface area contributed by atoms with Gasteiger partial charge in [-0.3, -0.25) is 10.0 Å². The fraction of sp³-hybridized carbons (Fsp3) is 0.143. The minimum atomic E-state index is -3.02. The number of halogens is 2. The van der Waals surface area contributed by atoms with Crippen molar-refractivity contribution in [3.05, 3.63) is 66.5 Å². The van der Waals surface area contributed by atoms with Crippen molar-refractivity contribution in [3.8, 4) is 5.75 Å². The van der Waals surface area contributed by atoms with E-state index >= 15 is 0 Å². The van der Waals surface area contributed by atoms with Crippen LogP contribution in [0.3, 0.4) is 0 Å². The SMILES string of the molecule is CC.O=C(Nc1ccc[n+](O)c1)c1ccc(OC(F)F)c2oc3ccccc3c12. The Labute approximate surface area is 164 Å². The first-order chi connectivity index (χ1) is 14.0.